The van der Waals surface area contributed by atoms with Gasteiger partial charge in [0.25, 0.3) is 10.0 Å². The van der Waals surface area contributed by atoms with Crippen LogP contribution in [0.5, 0.6) is 0 Å². The van der Waals surface area contributed by atoms with Crippen molar-refractivity contribution >= 4 is 48.9 Å². The Morgan fingerprint density at radius 1 is 0.857 bits per heavy atom. The van der Waals surface area contributed by atoms with Crippen LogP contribution in [0.1, 0.15) is 32.6 Å². The molecule has 0 atom stereocenters. The molecule has 0 fully saturated rings. The molecule has 0 heterocycles. The van der Waals surface area contributed by atoms with E-state index in [4.69, 9.17) is 23.2 Å². The van der Waals surface area contributed by atoms with Crippen LogP contribution in [0.3, 0.4) is 0 Å². The Balaban J connectivity index is 2.08. The van der Waals surface area contributed by atoms with Crippen molar-refractivity contribution in [2.75, 3.05) is 11.3 Å². The van der Waals surface area contributed by atoms with Gasteiger partial charge in [0.2, 0.25) is 10.0 Å². The van der Waals surface area contributed by atoms with Crippen LogP contribution in [0, 0.1) is 0 Å². The molecule has 2 N–H and O–H groups in total. The molecule has 0 aliphatic heterocycles. The lowest BCUT2D eigenvalue weighted by molar-refractivity contribution is 0.573. The van der Waals surface area contributed by atoms with Gasteiger partial charge in [-0.3, -0.25) is 4.72 Å². The zero-order valence-corrected chi connectivity index (χ0v) is 18.4. The van der Waals surface area contributed by atoms with Crippen LogP contribution in [-0.2, 0) is 20.0 Å². The molecule has 0 saturated heterocycles. The van der Waals surface area contributed by atoms with Gasteiger partial charge < -0.3 is 0 Å². The highest BCUT2D eigenvalue weighted by Gasteiger charge is 2.19. The zero-order valence-electron chi connectivity index (χ0n) is 15.3. The fourth-order valence-electron chi connectivity index (χ4n) is 2.44. The second kappa shape index (κ2) is 9.93. The van der Waals surface area contributed by atoms with Crippen molar-refractivity contribution in [1.82, 2.24) is 4.72 Å². The molecule has 0 spiro atoms. The quantitative estimate of drug-likeness (QED) is 0.500. The van der Waals surface area contributed by atoms with Crippen LogP contribution in [0.4, 0.5) is 5.69 Å². The standard InChI is InChI=1S/C18H22Cl2N2O4S2/c1-2-3-4-5-12-21-27(23,24)16-9-7-15(8-10-16)22-28(25,26)18-13-14(19)6-11-17(18)20/h6-11,13,21-22H,2-5,12H2,1H3. The summed E-state index contributed by atoms with van der Waals surface area (Å²) in [5.41, 5.74) is 0.206. The van der Waals surface area contributed by atoms with Crippen molar-refractivity contribution in [2.24, 2.45) is 0 Å². The third-order valence-electron chi connectivity index (χ3n) is 3.92. The molecule has 2 rings (SSSR count). The van der Waals surface area contributed by atoms with Gasteiger partial charge in [-0.1, -0.05) is 49.4 Å². The maximum Gasteiger partial charge on any atom is 0.263 e. The largest absolute Gasteiger partial charge is 0.280 e. The average molecular weight is 465 g/mol. The van der Waals surface area contributed by atoms with Crippen molar-refractivity contribution in [3.05, 3.63) is 52.5 Å². The van der Waals surface area contributed by atoms with Gasteiger partial charge in [0, 0.05) is 17.3 Å². The summed E-state index contributed by atoms with van der Waals surface area (Å²) in [5, 5.41) is 0.264. The summed E-state index contributed by atoms with van der Waals surface area (Å²) in [6.07, 6.45) is 3.87. The number of sulfonamides is 2. The summed E-state index contributed by atoms with van der Waals surface area (Å²) >= 11 is 11.8. The van der Waals surface area contributed by atoms with E-state index in [1.54, 1.807) is 0 Å². The highest BCUT2D eigenvalue weighted by Crippen LogP contribution is 2.27. The molecule has 2 aromatic rings. The molecule has 10 heteroatoms. The summed E-state index contributed by atoms with van der Waals surface area (Å²) in [5.74, 6) is 0. The van der Waals surface area contributed by atoms with Gasteiger partial charge in [-0.2, -0.15) is 0 Å². The molecule has 154 valence electrons. The minimum Gasteiger partial charge on any atom is -0.280 e. The Kier molecular flexibility index (Phi) is 8.15. The molecule has 6 nitrogen and oxygen atoms in total. The topological polar surface area (TPSA) is 92.3 Å². The van der Waals surface area contributed by atoms with Gasteiger partial charge >= 0.3 is 0 Å². The number of halogens is 2. The molecule has 0 amide bonds. The first-order valence-corrected chi connectivity index (χ1v) is 12.5. The van der Waals surface area contributed by atoms with Crippen LogP contribution in [0.2, 0.25) is 10.0 Å². The normalized spacial score (nSPS) is 12.1. The summed E-state index contributed by atoms with van der Waals surface area (Å²) in [6, 6.07) is 9.55. The van der Waals surface area contributed by atoms with E-state index in [0.29, 0.717) is 6.54 Å². The van der Waals surface area contributed by atoms with Crippen LogP contribution >= 0.6 is 23.2 Å². The summed E-state index contributed by atoms with van der Waals surface area (Å²) in [4.78, 5) is -0.0983. The Labute approximate surface area is 176 Å². The summed E-state index contributed by atoms with van der Waals surface area (Å²) in [7, 11) is -7.61. The minimum atomic E-state index is -3.97. The lowest BCUT2D eigenvalue weighted by Gasteiger charge is -2.11. The van der Waals surface area contributed by atoms with Crippen molar-refractivity contribution in [1.29, 1.82) is 0 Å². The number of rotatable bonds is 10. The Hall–Kier alpha value is -1.32. The molecule has 0 radical (unpaired) electrons. The van der Waals surface area contributed by atoms with Crippen molar-refractivity contribution in [3.63, 3.8) is 0 Å². The van der Waals surface area contributed by atoms with Crippen LogP contribution in [-0.4, -0.2) is 23.4 Å². The first-order chi connectivity index (χ1) is 13.2. The van der Waals surface area contributed by atoms with Crippen LogP contribution < -0.4 is 9.44 Å². The molecular weight excluding hydrogens is 443 g/mol. The van der Waals surface area contributed by atoms with Crippen LogP contribution in [0.15, 0.2) is 52.3 Å². The molecule has 28 heavy (non-hydrogen) atoms. The molecule has 0 aliphatic rings. The number of hydrogen-bond donors (Lipinski definition) is 2. The van der Waals surface area contributed by atoms with E-state index < -0.39 is 20.0 Å². The lowest BCUT2D eigenvalue weighted by atomic mass is 10.2. The second-order valence-electron chi connectivity index (χ2n) is 6.16. The second-order valence-corrected chi connectivity index (χ2v) is 10.4. The molecule has 0 unspecified atom stereocenters. The van der Waals surface area contributed by atoms with E-state index in [2.05, 4.69) is 16.4 Å². The third-order valence-corrected chi connectivity index (χ3v) is 7.50. The molecule has 0 aromatic heterocycles. The Bertz CT molecular complexity index is 1010. The van der Waals surface area contributed by atoms with E-state index in [1.165, 1.54) is 42.5 Å². The molecule has 0 bridgehead atoms. The fourth-order valence-corrected chi connectivity index (χ4v) is 5.33. The SMILES string of the molecule is CCCCCCNS(=O)(=O)c1ccc(NS(=O)(=O)c2cc(Cl)ccc2Cl)cc1. The van der Waals surface area contributed by atoms with Gasteiger partial charge in [0.1, 0.15) is 4.90 Å². The number of nitrogens with one attached hydrogen (secondary N) is 2. The number of benzene rings is 2. The van der Waals surface area contributed by atoms with E-state index in [1.807, 2.05) is 0 Å². The number of anilines is 1. The first kappa shape index (κ1) is 23.0. The third kappa shape index (κ3) is 6.35. The van der Waals surface area contributed by atoms with Crippen molar-refractivity contribution in [3.8, 4) is 0 Å². The van der Waals surface area contributed by atoms with Crippen molar-refractivity contribution < 1.29 is 16.8 Å². The maximum atomic E-state index is 12.5. The summed E-state index contributed by atoms with van der Waals surface area (Å²) < 4.78 is 54.5. The van der Waals surface area contributed by atoms with E-state index >= 15 is 0 Å². The maximum absolute atomic E-state index is 12.5. The Morgan fingerprint density at radius 2 is 1.54 bits per heavy atom. The molecule has 0 saturated carbocycles. The monoisotopic (exact) mass is 464 g/mol. The lowest BCUT2D eigenvalue weighted by Crippen LogP contribution is -2.24. The predicted molar refractivity (Wildman–Crippen MR) is 113 cm³/mol. The van der Waals surface area contributed by atoms with Crippen molar-refractivity contribution in [2.45, 2.75) is 42.4 Å². The molecule has 0 aliphatic carbocycles. The molecular formula is C18H22Cl2N2O4S2. The smallest absolute Gasteiger partial charge is 0.263 e. The highest BCUT2D eigenvalue weighted by atomic mass is 35.5. The van der Waals surface area contributed by atoms with Gasteiger partial charge in [0.05, 0.1) is 9.92 Å². The van der Waals surface area contributed by atoms with Crippen LogP contribution in [0.25, 0.3) is 0 Å². The minimum absolute atomic E-state index is 0.0309. The Morgan fingerprint density at radius 3 is 2.18 bits per heavy atom. The van der Waals surface area contributed by atoms with E-state index in [9.17, 15) is 16.8 Å². The first-order valence-electron chi connectivity index (χ1n) is 8.73. The van der Waals surface area contributed by atoms with Gasteiger partial charge in [0.15, 0.2) is 0 Å². The number of unbranched alkanes of at least 4 members (excludes halogenated alkanes) is 3. The summed E-state index contributed by atoms with van der Waals surface area (Å²) in [6.45, 7) is 2.45. The van der Waals surface area contributed by atoms with Gasteiger partial charge in [-0.15, -0.1) is 0 Å². The van der Waals surface area contributed by atoms with Gasteiger partial charge in [-0.05, 0) is 48.9 Å². The molecule has 2 aromatic carbocycles. The highest BCUT2D eigenvalue weighted by molar-refractivity contribution is 7.92. The zero-order chi connectivity index (χ0) is 20.8. The number of hydrogen-bond acceptors (Lipinski definition) is 4. The fraction of sp³-hybridized carbons (Fsp3) is 0.333. The average Bonchev–Trinajstić information content (AvgIpc) is 2.63. The predicted octanol–water partition coefficient (Wildman–Crippen LogP) is 4.65. The van der Waals surface area contributed by atoms with Gasteiger partial charge in [-0.25, -0.2) is 21.6 Å². The van der Waals surface area contributed by atoms with E-state index in [-0.39, 0.29) is 25.5 Å². The van der Waals surface area contributed by atoms with E-state index in [0.717, 1.165) is 25.7 Å².